The number of hydrogen-bond acceptors (Lipinski definition) is 1. The van der Waals surface area contributed by atoms with Crippen LogP contribution in [-0.2, 0) is 6.42 Å². The summed E-state index contributed by atoms with van der Waals surface area (Å²) in [4.78, 5) is 14.9. The van der Waals surface area contributed by atoms with E-state index in [9.17, 15) is 4.79 Å². The summed E-state index contributed by atoms with van der Waals surface area (Å²) in [7, 11) is 0. The molecule has 1 aliphatic rings. The molecule has 1 aromatic rings. The smallest absolute Gasteiger partial charge is 0.165 e. The van der Waals surface area contributed by atoms with E-state index in [4.69, 9.17) is 0 Å². The molecule has 1 heterocycles. The summed E-state index contributed by atoms with van der Waals surface area (Å²) in [6.45, 7) is 4.08. The van der Waals surface area contributed by atoms with Gasteiger partial charge in [0.25, 0.3) is 0 Å². The van der Waals surface area contributed by atoms with Crippen LogP contribution < -0.4 is 0 Å². The third-order valence-electron chi connectivity index (χ3n) is 2.60. The lowest BCUT2D eigenvalue weighted by molar-refractivity contribution is 0.0953. The first kappa shape index (κ1) is 9.00. The lowest BCUT2D eigenvalue weighted by Crippen LogP contribution is -2.17. The van der Waals surface area contributed by atoms with Crippen LogP contribution in [0, 0.1) is 12.8 Å². The van der Waals surface area contributed by atoms with E-state index < -0.39 is 0 Å². The predicted octanol–water partition coefficient (Wildman–Crippen LogP) is 2.85. The monoisotopic (exact) mass is 241 g/mol. The Morgan fingerprint density at radius 1 is 1.46 bits per heavy atom. The Morgan fingerprint density at radius 2 is 2.15 bits per heavy atom. The summed E-state index contributed by atoms with van der Waals surface area (Å²) in [6.07, 6.45) is 1.70. The van der Waals surface area contributed by atoms with E-state index >= 15 is 0 Å². The second-order valence-electron chi connectivity index (χ2n) is 3.85. The van der Waals surface area contributed by atoms with Gasteiger partial charge in [-0.05, 0) is 40.8 Å². The number of carbonyl (C=O) groups excluding carboxylic acids is 1. The quantitative estimate of drug-likeness (QED) is 0.745. The maximum Gasteiger partial charge on any atom is 0.165 e. The molecule has 0 bridgehead atoms. The van der Waals surface area contributed by atoms with Crippen molar-refractivity contribution < 1.29 is 4.79 Å². The van der Waals surface area contributed by atoms with Gasteiger partial charge in [-0.3, -0.25) is 4.79 Å². The molecule has 0 unspecified atom stereocenters. The van der Waals surface area contributed by atoms with Crippen LogP contribution in [0.1, 0.15) is 35.0 Å². The number of aryl methyl sites for hydroxylation is 1. The van der Waals surface area contributed by atoms with Gasteiger partial charge in [0.2, 0.25) is 0 Å². The van der Waals surface area contributed by atoms with Gasteiger partial charge >= 0.3 is 0 Å². The van der Waals surface area contributed by atoms with Crippen LogP contribution in [0.5, 0.6) is 0 Å². The number of Topliss-reactive ketones (excluding diaryl/α,β-unsaturated/α-hetero) is 1. The predicted molar refractivity (Wildman–Crippen MR) is 55.0 cm³/mol. The highest BCUT2D eigenvalue weighted by atomic mass is 79.9. The van der Waals surface area contributed by atoms with Gasteiger partial charge in [-0.2, -0.15) is 0 Å². The van der Waals surface area contributed by atoms with Crippen LogP contribution >= 0.6 is 15.9 Å². The largest absolute Gasteiger partial charge is 0.353 e. The molecule has 1 atom stereocenters. The maximum absolute atomic E-state index is 11.7. The van der Waals surface area contributed by atoms with Gasteiger partial charge in [0.05, 0.1) is 4.60 Å². The Hall–Kier alpha value is -0.570. The number of carbonyl (C=O) groups is 1. The number of nitrogens with one attached hydrogen (secondary N) is 1. The first-order valence-electron chi connectivity index (χ1n) is 4.49. The van der Waals surface area contributed by atoms with E-state index in [0.717, 1.165) is 22.3 Å². The van der Waals surface area contributed by atoms with Crippen molar-refractivity contribution in [2.75, 3.05) is 0 Å². The zero-order chi connectivity index (χ0) is 9.59. The molecule has 0 spiro atoms. The molecule has 0 aromatic carbocycles. The third-order valence-corrected chi connectivity index (χ3v) is 3.28. The minimum Gasteiger partial charge on any atom is -0.353 e. The molecule has 0 radical (unpaired) electrons. The molecule has 13 heavy (non-hydrogen) atoms. The summed E-state index contributed by atoms with van der Waals surface area (Å²) in [5.41, 5.74) is 3.09. The second kappa shape index (κ2) is 2.98. The zero-order valence-electron chi connectivity index (χ0n) is 7.78. The van der Waals surface area contributed by atoms with Crippen LogP contribution in [0.4, 0.5) is 0 Å². The van der Waals surface area contributed by atoms with Gasteiger partial charge in [-0.25, -0.2) is 0 Å². The van der Waals surface area contributed by atoms with Crippen LogP contribution in [0.2, 0.25) is 0 Å². The molecular formula is C10H12BrNO. The Balaban J connectivity index is 2.57. The lowest BCUT2D eigenvalue weighted by atomic mass is 9.86. The highest BCUT2D eigenvalue weighted by Gasteiger charge is 2.27. The molecule has 0 saturated heterocycles. The average molecular weight is 242 g/mol. The van der Waals surface area contributed by atoms with Crippen LogP contribution in [-0.4, -0.2) is 10.8 Å². The molecule has 2 nitrogen and oxygen atoms in total. The van der Waals surface area contributed by atoms with Crippen molar-refractivity contribution in [3.63, 3.8) is 0 Å². The van der Waals surface area contributed by atoms with E-state index in [2.05, 4.69) is 27.8 Å². The van der Waals surface area contributed by atoms with Crippen molar-refractivity contribution >= 4 is 21.7 Å². The van der Waals surface area contributed by atoms with Crippen LogP contribution in [0.15, 0.2) is 4.60 Å². The number of fused-ring (bicyclic) bond motifs is 1. The maximum atomic E-state index is 11.7. The standard InChI is InChI=1S/C10H12BrNO/c1-5-3-7-9(8(13)4-5)6(2)12-10(7)11/h5,12H,3-4H2,1-2H3/t5-/m0/s1. The number of hydrogen-bond donors (Lipinski definition) is 1. The fraction of sp³-hybridized carbons (Fsp3) is 0.500. The molecule has 0 fully saturated rings. The first-order valence-corrected chi connectivity index (χ1v) is 5.29. The summed E-state index contributed by atoms with van der Waals surface area (Å²) in [5, 5.41) is 0. The van der Waals surface area contributed by atoms with Crippen molar-refractivity contribution in [1.29, 1.82) is 0 Å². The number of aromatic amines is 1. The first-order chi connectivity index (χ1) is 6.09. The lowest BCUT2D eigenvalue weighted by Gasteiger charge is -2.17. The Morgan fingerprint density at radius 3 is 2.85 bits per heavy atom. The zero-order valence-corrected chi connectivity index (χ0v) is 9.36. The molecule has 2 rings (SSSR count). The molecule has 0 saturated carbocycles. The Bertz CT molecular complexity index is 367. The Labute approximate surface area is 85.9 Å². The van der Waals surface area contributed by atoms with Gasteiger partial charge in [0.15, 0.2) is 5.78 Å². The summed E-state index contributed by atoms with van der Waals surface area (Å²) in [5.74, 6) is 0.764. The molecule has 1 aromatic heterocycles. The van der Waals surface area contributed by atoms with Gasteiger partial charge in [0, 0.05) is 17.7 Å². The van der Waals surface area contributed by atoms with Gasteiger partial charge in [0.1, 0.15) is 0 Å². The minimum absolute atomic E-state index is 0.285. The number of rotatable bonds is 0. The van der Waals surface area contributed by atoms with E-state index in [0.29, 0.717) is 12.3 Å². The number of H-pyrrole nitrogens is 1. The molecule has 70 valence electrons. The molecule has 1 N–H and O–H groups in total. The third kappa shape index (κ3) is 1.35. The number of ketones is 1. The van der Waals surface area contributed by atoms with Crippen molar-refractivity contribution in [1.82, 2.24) is 4.98 Å². The van der Waals surface area contributed by atoms with Crippen molar-refractivity contribution in [2.24, 2.45) is 5.92 Å². The molecule has 0 aliphatic heterocycles. The molecular weight excluding hydrogens is 230 g/mol. The fourth-order valence-electron chi connectivity index (χ4n) is 2.05. The Kier molecular flexibility index (Phi) is 2.06. The minimum atomic E-state index is 0.285. The highest BCUT2D eigenvalue weighted by molar-refractivity contribution is 9.10. The molecule has 3 heteroatoms. The topological polar surface area (TPSA) is 32.9 Å². The fourth-order valence-corrected chi connectivity index (χ4v) is 2.70. The van der Waals surface area contributed by atoms with Crippen LogP contribution in [0.3, 0.4) is 0 Å². The van der Waals surface area contributed by atoms with E-state index in [-0.39, 0.29) is 5.78 Å². The summed E-state index contributed by atoms with van der Waals surface area (Å²) >= 11 is 3.45. The average Bonchev–Trinajstić information content (AvgIpc) is 2.27. The molecule has 0 amide bonds. The number of halogens is 1. The highest BCUT2D eigenvalue weighted by Crippen LogP contribution is 2.32. The normalized spacial score (nSPS) is 21.8. The SMILES string of the molecule is Cc1[nH]c(Br)c2c1C(=O)C[C@@H](C)C2. The number of aromatic nitrogens is 1. The van der Waals surface area contributed by atoms with Crippen LogP contribution in [0.25, 0.3) is 0 Å². The van der Waals surface area contributed by atoms with Gasteiger partial charge < -0.3 is 4.98 Å². The van der Waals surface area contributed by atoms with E-state index in [1.807, 2.05) is 6.92 Å². The van der Waals surface area contributed by atoms with E-state index in [1.54, 1.807) is 0 Å². The van der Waals surface area contributed by atoms with Gasteiger partial charge in [-0.1, -0.05) is 6.92 Å². The molecule has 1 aliphatic carbocycles. The van der Waals surface area contributed by atoms with Crippen molar-refractivity contribution in [2.45, 2.75) is 26.7 Å². The van der Waals surface area contributed by atoms with E-state index in [1.165, 1.54) is 5.56 Å². The second-order valence-corrected chi connectivity index (χ2v) is 4.65. The van der Waals surface area contributed by atoms with Gasteiger partial charge in [-0.15, -0.1) is 0 Å². The summed E-state index contributed by atoms with van der Waals surface area (Å²) in [6, 6.07) is 0. The summed E-state index contributed by atoms with van der Waals surface area (Å²) < 4.78 is 0.986. The van der Waals surface area contributed by atoms with Crippen molar-refractivity contribution in [3.8, 4) is 0 Å². The van der Waals surface area contributed by atoms with Crippen molar-refractivity contribution in [3.05, 3.63) is 21.4 Å².